The number of pyridine rings is 1. The molecule has 11 rings (SSSR count). The van der Waals surface area contributed by atoms with Crippen molar-refractivity contribution in [1.29, 1.82) is 0 Å². The van der Waals surface area contributed by atoms with E-state index >= 15 is 0 Å². The van der Waals surface area contributed by atoms with Gasteiger partial charge < -0.3 is 19.1 Å². The fourth-order valence-electron chi connectivity index (χ4n) is 11.6. The molecule has 0 saturated heterocycles. The molecule has 0 amide bonds. The molecule has 410 valence electrons. The molecular formula is C74H75N4OPt-3. The second-order valence-electron chi connectivity index (χ2n) is 25.5. The summed E-state index contributed by atoms with van der Waals surface area (Å²) < 4.78 is 9.42. The first-order chi connectivity index (χ1) is 37.6. The third-order valence-corrected chi connectivity index (χ3v) is 16.6. The Kier molecular flexibility index (Phi) is 15.0. The van der Waals surface area contributed by atoms with E-state index in [0.717, 1.165) is 55.9 Å². The molecule has 0 atom stereocenters. The largest absolute Gasteiger partial charge is 0.509 e. The van der Waals surface area contributed by atoms with Gasteiger partial charge in [0.25, 0.3) is 0 Å². The fourth-order valence-corrected chi connectivity index (χ4v) is 11.6. The maximum atomic E-state index is 7.18. The number of hydrogen-bond acceptors (Lipinski definition) is 4. The number of anilines is 4. The number of nitrogens with zero attached hydrogens (tertiary/aromatic N) is 4. The van der Waals surface area contributed by atoms with Crippen LogP contribution in [0.5, 0.6) is 11.5 Å². The monoisotopic (exact) mass is 1230 g/mol. The molecule has 0 N–H and O–H groups in total. The number of aromatic nitrogens is 2. The van der Waals surface area contributed by atoms with Crippen molar-refractivity contribution in [1.82, 2.24) is 9.55 Å². The van der Waals surface area contributed by atoms with Gasteiger partial charge in [0.05, 0.1) is 0 Å². The fraction of sp³-hybridized carbons (Fsp3) is 0.270. The van der Waals surface area contributed by atoms with Crippen molar-refractivity contribution in [3.05, 3.63) is 245 Å². The normalized spacial score (nSPS) is 13.2. The zero-order valence-corrected chi connectivity index (χ0v) is 51.3. The van der Waals surface area contributed by atoms with Crippen molar-refractivity contribution >= 4 is 44.6 Å². The molecule has 6 heteroatoms. The quantitative estimate of drug-likeness (QED) is 0.114. The number of fused-ring (bicyclic) bond motifs is 4. The van der Waals surface area contributed by atoms with E-state index in [9.17, 15) is 0 Å². The summed E-state index contributed by atoms with van der Waals surface area (Å²) >= 11 is 0. The van der Waals surface area contributed by atoms with Gasteiger partial charge in [0.2, 0.25) is 0 Å². The maximum Gasteiger partial charge on any atom is 0.135 e. The molecule has 80 heavy (non-hydrogen) atoms. The summed E-state index contributed by atoms with van der Waals surface area (Å²) in [6, 6.07) is 71.9. The van der Waals surface area contributed by atoms with Gasteiger partial charge in [0.15, 0.2) is 0 Å². The smallest absolute Gasteiger partial charge is 0.135 e. The van der Waals surface area contributed by atoms with Gasteiger partial charge in [-0.1, -0.05) is 212 Å². The number of ether oxygens (including phenoxy) is 1. The van der Waals surface area contributed by atoms with Crippen molar-refractivity contribution < 1.29 is 25.8 Å². The number of hydrogen-bond donors (Lipinski definition) is 0. The zero-order chi connectivity index (χ0) is 55.8. The van der Waals surface area contributed by atoms with Crippen LogP contribution in [0.15, 0.2) is 182 Å². The van der Waals surface area contributed by atoms with Gasteiger partial charge in [0, 0.05) is 72.2 Å². The second-order valence-corrected chi connectivity index (χ2v) is 25.5. The van der Waals surface area contributed by atoms with E-state index in [4.69, 9.17) is 9.72 Å². The molecule has 10 aromatic rings. The minimum Gasteiger partial charge on any atom is -0.509 e. The molecule has 8 aromatic carbocycles. The van der Waals surface area contributed by atoms with Crippen molar-refractivity contribution in [3.8, 4) is 28.4 Å². The minimum absolute atomic E-state index is 0. The van der Waals surface area contributed by atoms with E-state index in [2.05, 4.69) is 300 Å². The Balaban J connectivity index is 0.00000720. The summed E-state index contributed by atoms with van der Waals surface area (Å²) in [6.07, 6.45) is 1.93. The minimum atomic E-state index is -0.257. The van der Waals surface area contributed by atoms with E-state index in [1.807, 2.05) is 12.3 Å². The van der Waals surface area contributed by atoms with E-state index in [1.54, 1.807) is 0 Å². The van der Waals surface area contributed by atoms with Crippen molar-refractivity contribution in [3.63, 3.8) is 0 Å². The molecule has 0 spiro atoms. The number of para-hydroxylation sites is 1. The average Bonchev–Trinajstić information content (AvgIpc) is 4.03. The van der Waals surface area contributed by atoms with Gasteiger partial charge in [-0.05, 0) is 121 Å². The van der Waals surface area contributed by atoms with Crippen LogP contribution in [0, 0.1) is 18.8 Å². The summed E-state index contributed by atoms with van der Waals surface area (Å²) in [4.78, 5) is 9.76. The number of rotatable bonds is 12. The molecule has 2 aromatic heterocycles. The molecule has 0 unspecified atom stereocenters. The molecule has 3 heterocycles. The predicted octanol–water partition coefficient (Wildman–Crippen LogP) is 20.1. The van der Waals surface area contributed by atoms with Gasteiger partial charge in [0.1, 0.15) is 5.82 Å². The van der Waals surface area contributed by atoms with Crippen LogP contribution in [0.2, 0.25) is 0 Å². The molecule has 0 saturated carbocycles. The van der Waals surface area contributed by atoms with E-state index < -0.39 is 0 Å². The van der Waals surface area contributed by atoms with Crippen LogP contribution in [-0.4, -0.2) is 9.55 Å². The van der Waals surface area contributed by atoms with E-state index in [0.29, 0.717) is 11.5 Å². The van der Waals surface area contributed by atoms with Gasteiger partial charge in [-0.15, -0.1) is 53.6 Å². The van der Waals surface area contributed by atoms with E-state index in [-0.39, 0.29) is 54.6 Å². The van der Waals surface area contributed by atoms with Crippen molar-refractivity contribution in [2.24, 2.45) is 0 Å². The average molecular weight is 1230 g/mol. The topological polar surface area (TPSA) is 33.5 Å². The molecular weight excluding hydrogens is 1160 g/mol. The first-order valence-electron chi connectivity index (χ1n) is 28.2. The predicted molar refractivity (Wildman–Crippen MR) is 332 cm³/mol. The molecule has 0 aliphatic carbocycles. The molecule has 0 radical (unpaired) electrons. The van der Waals surface area contributed by atoms with E-state index in [1.165, 1.54) is 50.1 Å². The Bertz CT molecular complexity index is 3860. The standard InChI is InChI=1S/C74H75N4O.Pt/c1-48(2)61-29-23-30-62(49(3)4)70(61)50-38-57(76-47-77(68-43-53(71(5,6)7)32-35-66(68)76)58-41-55(72(8,9)10)40-56(42-58)74(13,14)52-26-19-16-20-27-52)45-60(39-50)79-59-33-34-64-63-28-21-22-31-65(63)78(67(64)46-59)69-44-54(36-37-75-69)73(11,12)51-24-17-15-18-25-51;/h15-44,47-49H,1-14H3;/q-3;. The molecule has 0 fully saturated rings. The van der Waals surface area contributed by atoms with Gasteiger partial charge >= 0.3 is 0 Å². The van der Waals surface area contributed by atoms with Gasteiger partial charge in [-0.3, -0.25) is 0 Å². The van der Waals surface area contributed by atoms with Crippen LogP contribution in [0.1, 0.15) is 153 Å². The van der Waals surface area contributed by atoms with Crippen LogP contribution in [0.3, 0.4) is 0 Å². The van der Waals surface area contributed by atoms with Crippen LogP contribution in [-0.2, 0) is 42.7 Å². The van der Waals surface area contributed by atoms with Crippen molar-refractivity contribution in [2.45, 2.75) is 130 Å². The van der Waals surface area contributed by atoms with Crippen molar-refractivity contribution in [2.75, 3.05) is 9.80 Å². The van der Waals surface area contributed by atoms with Gasteiger partial charge in [-0.25, -0.2) is 4.98 Å². The Morgan fingerprint density at radius 1 is 0.475 bits per heavy atom. The number of benzene rings is 8. The molecule has 1 aliphatic rings. The second kappa shape index (κ2) is 21.4. The van der Waals surface area contributed by atoms with Crippen LogP contribution in [0.25, 0.3) is 38.8 Å². The van der Waals surface area contributed by atoms with Gasteiger partial charge in [-0.2, -0.15) is 6.07 Å². The Labute approximate surface area is 491 Å². The summed E-state index contributed by atoms with van der Waals surface area (Å²) in [7, 11) is 0. The third kappa shape index (κ3) is 10.4. The Morgan fingerprint density at radius 2 is 1.09 bits per heavy atom. The summed E-state index contributed by atoms with van der Waals surface area (Å²) in [5.41, 5.74) is 17.9. The third-order valence-electron chi connectivity index (χ3n) is 16.6. The molecule has 0 bridgehead atoms. The SMILES string of the molecule is CC(C)c1cccc(C(C)C)c1-c1cc(Oc2[c-]c3c(cc2)c2ccccc2n3-c2cc(C(C)(C)c3ccccc3)ccn2)[c-]c(N2[CH-]N(c3cc(C(C)(C)C)cc(C(C)(C)c4ccccc4)c3)c3cc(C(C)(C)C)ccc32)c1.[Pt]. The molecule has 1 aliphatic heterocycles. The summed E-state index contributed by atoms with van der Waals surface area (Å²) in [5, 5.41) is 2.20. The Hall–Kier alpha value is -7.20. The molecule has 5 nitrogen and oxygen atoms in total. The summed E-state index contributed by atoms with van der Waals surface area (Å²) in [5.74, 6) is 2.58. The first kappa shape index (κ1) is 56.1. The zero-order valence-electron chi connectivity index (χ0n) is 49.1. The van der Waals surface area contributed by atoms with Crippen LogP contribution >= 0.6 is 0 Å². The first-order valence-corrected chi connectivity index (χ1v) is 28.2. The maximum absolute atomic E-state index is 7.18. The van der Waals surface area contributed by atoms with Crippen LogP contribution in [0.4, 0.5) is 22.7 Å². The summed E-state index contributed by atoms with van der Waals surface area (Å²) in [6.45, 7) is 34.5. The van der Waals surface area contributed by atoms with Crippen LogP contribution < -0.4 is 14.5 Å². The Morgan fingerprint density at radius 3 is 1.73 bits per heavy atom.